The largest absolute Gasteiger partial charge is 0.389 e. The molecule has 0 aliphatic heterocycles. The Hall–Kier alpha value is -0.420. The van der Waals surface area contributed by atoms with Gasteiger partial charge in [-0.05, 0) is 31.4 Å². The molecule has 1 rings (SSSR count). The highest BCUT2D eigenvalue weighted by atomic mass is 32.1. The zero-order valence-electron chi connectivity index (χ0n) is 11.8. The van der Waals surface area contributed by atoms with Gasteiger partial charge in [-0.1, -0.05) is 13.8 Å². The summed E-state index contributed by atoms with van der Waals surface area (Å²) < 4.78 is 5.40. The molecule has 18 heavy (non-hydrogen) atoms. The Bertz CT molecular complexity index is 330. The quantitative estimate of drug-likeness (QED) is 0.763. The summed E-state index contributed by atoms with van der Waals surface area (Å²) in [6.07, 6.45) is -0.425. The molecule has 0 aliphatic carbocycles. The van der Waals surface area contributed by atoms with Crippen LogP contribution >= 0.6 is 11.3 Å². The molecule has 0 bridgehead atoms. The molecule has 1 heterocycles. The second-order valence-corrected chi connectivity index (χ2v) is 6.51. The average molecular weight is 271 g/mol. The predicted molar refractivity (Wildman–Crippen MR) is 77.2 cm³/mol. The number of thiophene rings is 1. The van der Waals surface area contributed by atoms with E-state index >= 15 is 0 Å². The highest BCUT2D eigenvalue weighted by Gasteiger charge is 2.06. The van der Waals surface area contributed by atoms with E-state index in [2.05, 4.69) is 39.1 Å². The number of nitrogens with one attached hydrogen (secondary N) is 1. The third kappa shape index (κ3) is 5.96. The van der Waals surface area contributed by atoms with E-state index in [0.29, 0.717) is 25.7 Å². The molecule has 0 amide bonds. The summed E-state index contributed by atoms with van der Waals surface area (Å²) >= 11 is 1.81. The van der Waals surface area contributed by atoms with Crippen LogP contribution in [-0.2, 0) is 11.3 Å². The van der Waals surface area contributed by atoms with Crippen molar-refractivity contribution in [2.75, 3.05) is 19.8 Å². The first-order valence-corrected chi connectivity index (χ1v) is 7.33. The molecule has 1 aromatic heterocycles. The third-order valence-electron chi connectivity index (χ3n) is 2.66. The van der Waals surface area contributed by atoms with Gasteiger partial charge in [0.1, 0.15) is 0 Å². The van der Waals surface area contributed by atoms with E-state index in [9.17, 15) is 5.11 Å². The van der Waals surface area contributed by atoms with Gasteiger partial charge in [-0.25, -0.2) is 0 Å². The van der Waals surface area contributed by atoms with Crippen LogP contribution in [0.25, 0.3) is 0 Å². The highest BCUT2D eigenvalue weighted by Crippen LogP contribution is 2.20. The number of aliphatic hydroxyl groups excluding tert-OH is 1. The van der Waals surface area contributed by atoms with E-state index in [1.807, 2.05) is 11.3 Å². The van der Waals surface area contributed by atoms with Crippen molar-refractivity contribution in [2.45, 2.75) is 40.3 Å². The van der Waals surface area contributed by atoms with Crippen LogP contribution in [0.2, 0.25) is 0 Å². The van der Waals surface area contributed by atoms with Gasteiger partial charge in [0.15, 0.2) is 0 Å². The summed E-state index contributed by atoms with van der Waals surface area (Å²) in [6, 6.07) is 2.20. The molecule has 0 aromatic carbocycles. The van der Waals surface area contributed by atoms with Gasteiger partial charge in [0.2, 0.25) is 0 Å². The Balaban J connectivity index is 2.13. The van der Waals surface area contributed by atoms with Gasteiger partial charge >= 0.3 is 0 Å². The van der Waals surface area contributed by atoms with Crippen LogP contribution in [0.4, 0.5) is 0 Å². The maximum absolute atomic E-state index is 9.72. The second-order valence-electron chi connectivity index (χ2n) is 5.17. The molecule has 4 heteroatoms. The lowest BCUT2D eigenvalue weighted by Crippen LogP contribution is -2.30. The van der Waals surface area contributed by atoms with E-state index in [1.54, 1.807) is 0 Å². The number of aliphatic hydroxyl groups is 1. The van der Waals surface area contributed by atoms with Crippen molar-refractivity contribution in [1.29, 1.82) is 0 Å². The Morgan fingerprint density at radius 2 is 2.06 bits per heavy atom. The number of aryl methyl sites for hydroxylation is 2. The molecule has 2 N–H and O–H groups in total. The van der Waals surface area contributed by atoms with Crippen molar-refractivity contribution >= 4 is 11.3 Å². The van der Waals surface area contributed by atoms with Gasteiger partial charge in [0.05, 0.1) is 12.7 Å². The third-order valence-corrected chi connectivity index (χ3v) is 3.81. The van der Waals surface area contributed by atoms with Gasteiger partial charge in [-0.2, -0.15) is 0 Å². The van der Waals surface area contributed by atoms with E-state index in [0.717, 1.165) is 6.54 Å². The zero-order valence-corrected chi connectivity index (χ0v) is 12.6. The number of rotatable bonds is 8. The Kier molecular flexibility index (Phi) is 6.86. The normalized spacial score (nSPS) is 13.2. The SMILES string of the molecule is Cc1cc(CNCC(O)COCC(C)C)sc1C. The van der Waals surface area contributed by atoms with Crippen molar-refractivity contribution in [1.82, 2.24) is 5.32 Å². The standard InChI is InChI=1S/C14H25NO2S/c1-10(2)8-17-9-13(16)6-15-7-14-5-11(3)12(4)18-14/h5,10,13,15-16H,6-9H2,1-4H3. The van der Waals surface area contributed by atoms with Gasteiger partial charge < -0.3 is 15.2 Å². The molecule has 0 saturated heterocycles. The number of hydrogen-bond acceptors (Lipinski definition) is 4. The van der Waals surface area contributed by atoms with Crippen LogP contribution in [0.1, 0.15) is 29.2 Å². The topological polar surface area (TPSA) is 41.5 Å². The first-order valence-electron chi connectivity index (χ1n) is 6.51. The van der Waals surface area contributed by atoms with Crippen molar-refractivity contribution in [3.05, 3.63) is 21.4 Å². The highest BCUT2D eigenvalue weighted by molar-refractivity contribution is 7.12. The van der Waals surface area contributed by atoms with E-state index < -0.39 is 6.10 Å². The second kappa shape index (κ2) is 7.89. The maximum atomic E-state index is 9.72. The number of ether oxygens (including phenoxy) is 1. The molecule has 1 unspecified atom stereocenters. The molecule has 0 saturated carbocycles. The summed E-state index contributed by atoms with van der Waals surface area (Å²) in [7, 11) is 0. The van der Waals surface area contributed by atoms with Crippen LogP contribution < -0.4 is 5.32 Å². The van der Waals surface area contributed by atoms with Crippen LogP contribution in [0.3, 0.4) is 0 Å². The van der Waals surface area contributed by atoms with Gasteiger partial charge in [0.25, 0.3) is 0 Å². The van der Waals surface area contributed by atoms with Gasteiger partial charge in [-0.15, -0.1) is 11.3 Å². The minimum atomic E-state index is -0.425. The lowest BCUT2D eigenvalue weighted by Gasteiger charge is -2.13. The molecular weight excluding hydrogens is 246 g/mol. The Morgan fingerprint density at radius 3 is 2.61 bits per heavy atom. The lowest BCUT2D eigenvalue weighted by molar-refractivity contribution is 0.0261. The fourth-order valence-corrected chi connectivity index (χ4v) is 2.62. The molecule has 0 aliphatic rings. The molecule has 0 fully saturated rings. The molecular formula is C14H25NO2S. The fourth-order valence-electron chi connectivity index (χ4n) is 1.60. The van der Waals surface area contributed by atoms with Crippen LogP contribution in [0, 0.1) is 19.8 Å². The summed E-state index contributed by atoms with van der Waals surface area (Å²) in [5, 5.41) is 13.0. The van der Waals surface area contributed by atoms with Crippen LogP contribution in [0.5, 0.6) is 0 Å². The molecule has 0 radical (unpaired) electrons. The molecule has 3 nitrogen and oxygen atoms in total. The summed E-state index contributed by atoms with van der Waals surface area (Å²) in [6.45, 7) is 11.0. The smallest absolute Gasteiger partial charge is 0.0897 e. The van der Waals surface area contributed by atoms with Crippen molar-refractivity contribution in [2.24, 2.45) is 5.92 Å². The minimum absolute atomic E-state index is 0.410. The molecule has 0 spiro atoms. The van der Waals surface area contributed by atoms with E-state index in [1.165, 1.54) is 15.3 Å². The molecule has 1 atom stereocenters. The fraction of sp³-hybridized carbons (Fsp3) is 0.714. The Morgan fingerprint density at radius 1 is 1.33 bits per heavy atom. The number of hydrogen-bond donors (Lipinski definition) is 2. The summed E-state index contributed by atoms with van der Waals surface area (Å²) in [4.78, 5) is 2.69. The first-order chi connectivity index (χ1) is 8.49. The first kappa shape index (κ1) is 15.6. The van der Waals surface area contributed by atoms with Crippen molar-refractivity contribution in [3.8, 4) is 0 Å². The Labute approximate surface area is 114 Å². The maximum Gasteiger partial charge on any atom is 0.0897 e. The van der Waals surface area contributed by atoms with E-state index in [-0.39, 0.29) is 0 Å². The lowest BCUT2D eigenvalue weighted by atomic mass is 10.2. The van der Waals surface area contributed by atoms with Gasteiger partial charge in [0, 0.05) is 29.5 Å². The van der Waals surface area contributed by atoms with Crippen LogP contribution in [0.15, 0.2) is 6.07 Å². The summed E-state index contributed by atoms with van der Waals surface area (Å²) in [5.74, 6) is 0.516. The monoisotopic (exact) mass is 271 g/mol. The predicted octanol–water partition coefficient (Wildman–Crippen LogP) is 2.49. The minimum Gasteiger partial charge on any atom is -0.389 e. The average Bonchev–Trinajstić information content (AvgIpc) is 2.57. The molecule has 1 aromatic rings. The van der Waals surface area contributed by atoms with Crippen molar-refractivity contribution in [3.63, 3.8) is 0 Å². The zero-order chi connectivity index (χ0) is 13.5. The van der Waals surface area contributed by atoms with Gasteiger partial charge in [-0.3, -0.25) is 0 Å². The van der Waals surface area contributed by atoms with Crippen molar-refractivity contribution < 1.29 is 9.84 Å². The molecule has 104 valence electrons. The van der Waals surface area contributed by atoms with Crippen LogP contribution in [-0.4, -0.2) is 31.0 Å². The summed E-state index contributed by atoms with van der Waals surface area (Å²) in [5.41, 5.74) is 1.35. The van der Waals surface area contributed by atoms with E-state index in [4.69, 9.17) is 4.74 Å².